The Balaban J connectivity index is 2.00. The highest BCUT2D eigenvalue weighted by Gasteiger charge is 2.11. The molecule has 0 aliphatic heterocycles. The molecule has 0 spiro atoms. The Bertz CT molecular complexity index is 697. The van der Waals surface area contributed by atoms with Crippen molar-refractivity contribution in [3.05, 3.63) is 51.8 Å². The maximum Gasteiger partial charge on any atom is 0.159 e. The molecule has 1 aromatic carbocycles. The zero-order chi connectivity index (χ0) is 13.2. The fourth-order valence-electron chi connectivity index (χ4n) is 1.99. The third-order valence-electron chi connectivity index (χ3n) is 3.04. The topological polar surface area (TPSA) is 37.8 Å². The third-order valence-corrected chi connectivity index (χ3v) is 4.02. The minimum atomic E-state index is 0.185. The van der Waals surface area contributed by atoms with Gasteiger partial charge in [-0.1, -0.05) is 35.9 Å². The second kappa shape index (κ2) is 5.15. The first-order valence-electron chi connectivity index (χ1n) is 5.95. The lowest BCUT2D eigenvalue weighted by Gasteiger charge is -2.14. The van der Waals surface area contributed by atoms with Crippen LogP contribution in [-0.2, 0) is 0 Å². The van der Waals surface area contributed by atoms with Gasteiger partial charge in [-0.2, -0.15) is 11.3 Å². The number of halogens is 1. The number of anilines is 1. The molecular weight excluding hydrogens is 278 g/mol. The van der Waals surface area contributed by atoms with Gasteiger partial charge in [0, 0.05) is 10.8 Å². The minimum absolute atomic E-state index is 0.185. The number of nitrogens with zero attached hydrogens (tertiary/aromatic N) is 2. The van der Waals surface area contributed by atoms with Crippen LogP contribution in [0.15, 0.2) is 41.1 Å². The van der Waals surface area contributed by atoms with E-state index in [1.165, 1.54) is 5.56 Å². The Hall–Kier alpha value is -1.65. The molecule has 0 saturated heterocycles. The molecule has 0 aliphatic rings. The van der Waals surface area contributed by atoms with Gasteiger partial charge >= 0.3 is 0 Å². The number of hydrogen-bond acceptors (Lipinski definition) is 4. The molecule has 1 unspecified atom stereocenters. The molecule has 0 radical (unpaired) electrons. The number of aromatic nitrogens is 2. The fourth-order valence-corrected chi connectivity index (χ4v) is 2.94. The molecule has 19 heavy (non-hydrogen) atoms. The normalized spacial score (nSPS) is 12.5. The predicted molar refractivity (Wildman–Crippen MR) is 80.9 cm³/mol. The molecule has 3 nitrogen and oxygen atoms in total. The van der Waals surface area contributed by atoms with Gasteiger partial charge in [0.1, 0.15) is 0 Å². The molecule has 5 heteroatoms. The molecule has 96 valence electrons. The number of nitrogens with one attached hydrogen (secondary N) is 1. The molecular formula is C14H12ClN3S. The van der Waals surface area contributed by atoms with Gasteiger partial charge in [0.05, 0.1) is 6.04 Å². The number of thiophene rings is 1. The molecule has 2 aromatic heterocycles. The molecule has 1 atom stereocenters. The third kappa shape index (κ3) is 2.41. The van der Waals surface area contributed by atoms with Crippen LogP contribution in [0.4, 0.5) is 5.82 Å². The highest BCUT2D eigenvalue weighted by molar-refractivity contribution is 7.08. The van der Waals surface area contributed by atoms with Crippen molar-refractivity contribution in [2.24, 2.45) is 0 Å². The largest absolute Gasteiger partial charge is 0.362 e. The van der Waals surface area contributed by atoms with Gasteiger partial charge in [-0.25, -0.2) is 0 Å². The Labute approximate surface area is 120 Å². The summed E-state index contributed by atoms with van der Waals surface area (Å²) in [4.78, 5) is 0. The van der Waals surface area contributed by atoms with E-state index >= 15 is 0 Å². The minimum Gasteiger partial charge on any atom is -0.362 e. The zero-order valence-corrected chi connectivity index (χ0v) is 11.9. The summed E-state index contributed by atoms with van der Waals surface area (Å²) in [5, 5.41) is 18.1. The van der Waals surface area contributed by atoms with Crippen molar-refractivity contribution in [1.82, 2.24) is 10.2 Å². The van der Waals surface area contributed by atoms with Gasteiger partial charge in [0.15, 0.2) is 11.0 Å². The van der Waals surface area contributed by atoms with E-state index in [1.807, 2.05) is 24.3 Å². The average molecular weight is 290 g/mol. The zero-order valence-electron chi connectivity index (χ0n) is 10.3. The van der Waals surface area contributed by atoms with Crippen LogP contribution in [-0.4, -0.2) is 10.2 Å². The summed E-state index contributed by atoms with van der Waals surface area (Å²) < 4.78 is 0. The van der Waals surface area contributed by atoms with Crippen molar-refractivity contribution >= 4 is 39.5 Å². The Morgan fingerprint density at radius 3 is 2.68 bits per heavy atom. The van der Waals surface area contributed by atoms with Crippen LogP contribution in [0.25, 0.3) is 10.8 Å². The lowest BCUT2D eigenvalue weighted by Crippen LogP contribution is -2.08. The Morgan fingerprint density at radius 2 is 1.95 bits per heavy atom. The van der Waals surface area contributed by atoms with Crippen LogP contribution in [0.5, 0.6) is 0 Å². The van der Waals surface area contributed by atoms with Crippen molar-refractivity contribution in [2.75, 3.05) is 5.32 Å². The van der Waals surface area contributed by atoms with Gasteiger partial charge in [0.2, 0.25) is 0 Å². The van der Waals surface area contributed by atoms with E-state index in [-0.39, 0.29) is 6.04 Å². The number of fused-ring (bicyclic) bond motifs is 1. The summed E-state index contributed by atoms with van der Waals surface area (Å²) >= 11 is 7.75. The van der Waals surface area contributed by atoms with Crippen LogP contribution in [0.1, 0.15) is 18.5 Å². The quantitative estimate of drug-likeness (QED) is 0.770. The van der Waals surface area contributed by atoms with Crippen LogP contribution in [0, 0.1) is 0 Å². The maximum absolute atomic E-state index is 6.07. The fraction of sp³-hybridized carbons (Fsp3) is 0.143. The van der Waals surface area contributed by atoms with Crippen molar-refractivity contribution in [2.45, 2.75) is 13.0 Å². The highest BCUT2D eigenvalue weighted by atomic mass is 35.5. The van der Waals surface area contributed by atoms with Crippen LogP contribution >= 0.6 is 22.9 Å². The van der Waals surface area contributed by atoms with Crippen LogP contribution in [0.2, 0.25) is 5.15 Å². The summed E-state index contributed by atoms with van der Waals surface area (Å²) in [6, 6.07) is 10.2. The summed E-state index contributed by atoms with van der Waals surface area (Å²) in [5.41, 5.74) is 1.24. The predicted octanol–water partition coefficient (Wildman–Crippen LogP) is 4.52. The molecule has 0 aliphatic carbocycles. The van der Waals surface area contributed by atoms with Crippen LogP contribution in [0.3, 0.4) is 0 Å². The van der Waals surface area contributed by atoms with Gasteiger partial charge < -0.3 is 5.32 Å². The second-order valence-electron chi connectivity index (χ2n) is 4.31. The maximum atomic E-state index is 6.07. The first kappa shape index (κ1) is 12.4. The lowest BCUT2D eigenvalue weighted by molar-refractivity contribution is 0.870. The molecule has 0 saturated carbocycles. The van der Waals surface area contributed by atoms with Crippen molar-refractivity contribution < 1.29 is 0 Å². The molecule has 3 rings (SSSR count). The van der Waals surface area contributed by atoms with E-state index in [2.05, 4.69) is 39.3 Å². The van der Waals surface area contributed by atoms with Crippen LogP contribution < -0.4 is 5.32 Å². The summed E-state index contributed by atoms with van der Waals surface area (Å²) in [6.45, 7) is 2.10. The van der Waals surface area contributed by atoms with Gasteiger partial charge in [0.25, 0.3) is 0 Å². The van der Waals surface area contributed by atoms with E-state index in [9.17, 15) is 0 Å². The van der Waals surface area contributed by atoms with E-state index in [1.54, 1.807) is 11.3 Å². The smallest absolute Gasteiger partial charge is 0.159 e. The van der Waals surface area contributed by atoms with Gasteiger partial charge in [-0.3, -0.25) is 0 Å². The molecule has 0 bridgehead atoms. The monoisotopic (exact) mass is 289 g/mol. The Morgan fingerprint density at radius 1 is 1.16 bits per heavy atom. The second-order valence-corrected chi connectivity index (χ2v) is 5.45. The first-order chi connectivity index (χ1) is 9.25. The summed E-state index contributed by atoms with van der Waals surface area (Å²) in [5.74, 6) is 0.763. The number of rotatable bonds is 3. The standard InChI is InChI=1S/C14H12ClN3S/c1-9(10-6-7-19-8-10)16-14-12-5-3-2-4-11(12)13(15)17-18-14/h2-9H,1H3,(H,16,18). The van der Waals surface area contributed by atoms with Crippen molar-refractivity contribution in [3.8, 4) is 0 Å². The first-order valence-corrected chi connectivity index (χ1v) is 7.27. The van der Waals surface area contributed by atoms with E-state index in [0.717, 1.165) is 16.6 Å². The van der Waals surface area contributed by atoms with E-state index in [4.69, 9.17) is 11.6 Å². The molecule has 0 amide bonds. The van der Waals surface area contributed by atoms with Crippen molar-refractivity contribution in [1.29, 1.82) is 0 Å². The Kier molecular flexibility index (Phi) is 3.36. The molecule has 3 aromatic rings. The molecule has 0 fully saturated rings. The van der Waals surface area contributed by atoms with E-state index < -0.39 is 0 Å². The van der Waals surface area contributed by atoms with Gasteiger partial charge in [-0.15, -0.1) is 10.2 Å². The van der Waals surface area contributed by atoms with E-state index in [0.29, 0.717) is 5.15 Å². The number of benzene rings is 1. The summed E-state index contributed by atoms with van der Waals surface area (Å²) in [6.07, 6.45) is 0. The highest BCUT2D eigenvalue weighted by Crippen LogP contribution is 2.28. The summed E-state index contributed by atoms with van der Waals surface area (Å²) in [7, 11) is 0. The average Bonchev–Trinajstić information content (AvgIpc) is 2.96. The van der Waals surface area contributed by atoms with Gasteiger partial charge in [-0.05, 0) is 29.3 Å². The molecule has 2 heterocycles. The number of hydrogen-bond donors (Lipinski definition) is 1. The molecule has 1 N–H and O–H groups in total. The van der Waals surface area contributed by atoms with Crippen molar-refractivity contribution in [3.63, 3.8) is 0 Å². The SMILES string of the molecule is CC(Nc1nnc(Cl)c2ccccc12)c1ccsc1. The lowest BCUT2D eigenvalue weighted by atomic mass is 10.1.